The average Bonchev–Trinajstić information content (AvgIpc) is 2.57. The van der Waals surface area contributed by atoms with E-state index in [-0.39, 0.29) is 5.82 Å². The minimum absolute atomic E-state index is 0.219. The molecule has 0 N–H and O–H groups in total. The molecule has 17 heavy (non-hydrogen) atoms. The van der Waals surface area contributed by atoms with Gasteiger partial charge in [-0.25, -0.2) is 4.39 Å². The first-order chi connectivity index (χ1) is 8.13. The number of hydrogen-bond acceptors (Lipinski definition) is 1. The third-order valence-corrected chi connectivity index (χ3v) is 3.56. The van der Waals surface area contributed by atoms with Crippen molar-refractivity contribution in [2.45, 2.75) is 26.8 Å². The monoisotopic (exact) mass is 296 g/mol. The normalized spacial score (nSPS) is 10.8. The predicted molar refractivity (Wildman–Crippen MR) is 70.3 cm³/mol. The van der Waals surface area contributed by atoms with E-state index in [0.717, 1.165) is 34.4 Å². The lowest BCUT2D eigenvalue weighted by Crippen LogP contribution is -2.01. The molecule has 0 radical (unpaired) electrons. The first-order valence-electron chi connectivity index (χ1n) is 5.62. The Balaban J connectivity index is 2.53. The van der Waals surface area contributed by atoms with E-state index in [1.165, 1.54) is 12.1 Å². The van der Waals surface area contributed by atoms with E-state index in [1.807, 2.05) is 11.6 Å². The van der Waals surface area contributed by atoms with Gasteiger partial charge in [0.1, 0.15) is 5.82 Å². The van der Waals surface area contributed by atoms with Gasteiger partial charge in [-0.15, -0.1) is 0 Å². The standard InChI is InChI=1S/C13H14BrFN2/c1-3-8-17-13(12(14)9(2)16-17)10-4-6-11(15)7-5-10/h4-7H,3,8H2,1-2H3. The van der Waals surface area contributed by atoms with E-state index < -0.39 is 0 Å². The Bertz CT molecular complexity index is 517. The van der Waals surface area contributed by atoms with Crippen LogP contribution in [-0.2, 0) is 6.54 Å². The predicted octanol–water partition coefficient (Wildman–Crippen LogP) is 4.17. The first-order valence-corrected chi connectivity index (χ1v) is 6.41. The van der Waals surface area contributed by atoms with E-state index in [0.29, 0.717) is 0 Å². The van der Waals surface area contributed by atoms with Crippen molar-refractivity contribution in [2.24, 2.45) is 0 Å². The molecule has 2 nitrogen and oxygen atoms in total. The lowest BCUT2D eigenvalue weighted by molar-refractivity contribution is 0.603. The summed E-state index contributed by atoms with van der Waals surface area (Å²) in [5.74, 6) is -0.219. The highest BCUT2D eigenvalue weighted by Crippen LogP contribution is 2.31. The molecule has 0 unspecified atom stereocenters. The fourth-order valence-corrected chi connectivity index (χ4v) is 2.33. The van der Waals surface area contributed by atoms with E-state index in [4.69, 9.17) is 0 Å². The number of aryl methyl sites for hydroxylation is 2. The number of aromatic nitrogens is 2. The van der Waals surface area contributed by atoms with Gasteiger partial charge < -0.3 is 0 Å². The molecule has 0 aliphatic rings. The van der Waals surface area contributed by atoms with Crippen molar-refractivity contribution in [1.82, 2.24) is 9.78 Å². The summed E-state index contributed by atoms with van der Waals surface area (Å²) < 4.78 is 15.9. The number of rotatable bonds is 3. The number of halogens is 2. The number of benzene rings is 1. The second-order valence-corrected chi connectivity index (χ2v) is 4.77. The Morgan fingerprint density at radius 3 is 2.53 bits per heavy atom. The SMILES string of the molecule is CCCn1nc(C)c(Br)c1-c1ccc(F)cc1. The van der Waals surface area contributed by atoms with Crippen molar-refractivity contribution in [2.75, 3.05) is 0 Å². The minimum Gasteiger partial charge on any atom is -0.263 e. The lowest BCUT2D eigenvalue weighted by Gasteiger charge is -2.06. The molecule has 0 bridgehead atoms. The van der Waals surface area contributed by atoms with Crippen LogP contribution in [0.5, 0.6) is 0 Å². The summed E-state index contributed by atoms with van der Waals surface area (Å²) in [4.78, 5) is 0. The van der Waals surface area contributed by atoms with Gasteiger partial charge in [-0.05, 0) is 53.5 Å². The molecular weight excluding hydrogens is 283 g/mol. The van der Waals surface area contributed by atoms with Crippen LogP contribution in [0.25, 0.3) is 11.3 Å². The molecule has 0 saturated heterocycles. The van der Waals surface area contributed by atoms with Gasteiger partial charge in [0.2, 0.25) is 0 Å². The largest absolute Gasteiger partial charge is 0.263 e. The van der Waals surface area contributed by atoms with E-state index in [1.54, 1.807) is 12.1 Å². The maximum absolute atomic E-state index is 12.9. The van der Waals surface area contributed by atoms with E-state index in [2.05, 4.69) is 28.0 Å². The summed E-state index contributed by atoms with van der Waals surface area (Å²) in [5, 5.41) is 4.47. The van der Waals surface area contributed by atoms with Crippen LogP contribution in [0.2, 0.25) is 0 Å². The Hall–Kier alpha value is -1.16. The Kier molecular flexibility index (Phi) is 3.62. The molecule has 0 aliphatic carbocycles. The minimum atomic E-state index is -0.219. The van der Waals surface area contributed by atoms with Crippen molar-refractivity contribution in [3.05, 3.63) is 40.2 Å². The van der Waals surface area contributed by atoms with Crippen LogP contribution in [-0.4, -0.2) is 9.78 Å². The van der Waals surface area contributed by atoms with E-state index in [9.17, 15) is 4.39 Å². The zero-order valence-electron chi connectivity index (χ0n) is 9.87. The van der Waals surface area contributed by atoms with Gasteiger partial charge in [0.15, 0.2) is 0 Å². The summed E-state index contributed by atoms with van der Waals surface area (Å²) in [7, 11) is 0. The maximum atomic E-state index is 12.9. The molecular formula is C13H14BrFN2. The van der Waals surface area contributed by atoms with Gasteiger partial charge in [-0.1, -0.05) is 6.92 Å². The molecule has 4 heteroatoms. The molecule has 0 spiro atoms. The molecule has 90 valence electrons. The van der Waals surface area contributed by atoms with Crippen molar-refractivity contribution >= 4 is 15.9 Å². The van der Waals surface area contributed by atoms with Crippen LogP contribution in [0.4, 0.5) is 4.39 Å². The fraction of sp³-hybridized carbons (Fsp3) is 0.308. The van der Waals surface area contributed by atoms with Crippen LogP contribution in [0.1, 0.15) is 19.0 Å². The maximum Gasteiger partial charge on any atom is 0.123 e. The van der Waals surface area contributed by atoms with Crippen LogP contribution < -0.4 is 0 Å². The molecule has 0 atom stereocenters. The van der Waals surface area contributed by atoms with Crippen LogP contribution in [0.3, 0.4) is 0 Å². The molecule has 1 aromatic carbocycles. The van der Waals surface area contributed by atoms with Gasteiger partial charge >= 0.3 is 0 Å². The summed E-state index contributed by atoms with van der Waals surface area (Å²) in [6.45, 7) is 4.93. The molecule has 0 amide bonds. The smallest absolute Gasteiger partial charge is 0.123 e. The zero-order valence-corrected chi connectivity index (χ0v) is 11.5. The van der Waals surface area contributed by atoms with Crippen LogP contribution in [0, 0.1) is 12.7 Å². The lowest BCUT2D eigenvalue weighted by atomic mass is 10.1. The van der Waals surface area contributed by atoms with Crippen LogP contribution >= 0.6 is 15.9 Å². The van der Waals surface area contributed by atoms with Crippen molar-refractivity contribution < 1.29 is 4.39 Å². The quantitative estimate of drug-likeness (QED) is 0.831. The first kappa shape index (κ1) is 12.3. The van der Waals surface area contributed by atoms with Crippen LogP contribution in [0.15, 0.2) is 28.7 Å². The van der Waals surface area contributed by atoms with Gasteiger partial charge in [0, 0.05) is 12.1 Å². The zero-order chi connectivity index (χ0) is 12.4. The molecule has 2 rings (SSSR count). The summed E-state index contributed by atoms with van der Waals surface area (Å²) >= 11 is 3.55. The molecule has 0 saturated carbocycles. The third-order valence-electron chi connectivity index (χ3n) is 2.61. The second kappa shape index (κ2) is 5.00. The van der Waals surface area contributed by atoms with E-state index >= 15 is 0 Å². The topological polar surface area (TPSA) is 17.8 Å². The number of nitrogens with zero attached hydrogens (tertiary/aromatic N) is 2. The Morgan fingerprint density at radius 1 is 1.29 bits per heavy atom. The average molecular weight is 297 g/mol. The second-order valence-electron chi connectivity index (χ2n) is 3.98. The van der Waals surface area contributed by atoms with Crippen molar-refractivity contribution in [3.63, 3.8) is 0 Å². The Labute approximate surface area is 109 Å². The molecule has 1 heterocycles. The fourth-order valence-electron chi connectivity index (χ4n) is 1.82. The number of hydrogen-bond donors (Lipinski definition) is 0. The summed E-state index contributed by atoms with van der Waals surface area (Å²) in [5.41, 5.74) is 2.95. The summed E-state index contributed by atoms with van der Waals surface area (Å²) in [6.07, 6.45) is 1.02. The molecule has 0 fully saturated rings. The molecule has 2 aromatic rings. The van der Waals surface area contributed by atoms with Crippen molar-refractivity contribution in [1.29, 1.82) is 0 Å². The molecule has 0 aliphatic heterocycles. The van der Waals surface area contributed by atoms with Crippen molar-refractivity contribution in [3.8, 4) is 11.3 Å². The highest BCUT2D eigenvalue weighted by atomic mass is 79.9. The third kappa shape index (κ3) is 2.41. The summed E-state index contributed by atoms with van der Waals surface area (Å²) in [6, 6.07) is 6.51. The van der Waals surface area contributed by atoms with Gasteiger partial charge in [0.05, 0.1) is 15.9 Å². The van der Waals surface area contributed by atoms with Gasteiger partial charge in [-0.3, -0.25) is 4.68 Å². The highest BCUT2D eigenvalue weighted by molar-refractivity contribution is 9.10. The Morgan fingerprint density at radius 2 is 1.94 bits per heavy atom. The highest BCUT2D eigenvalue weighted by Gasteiger charge is 2.14. The van der Waals surface area contributed by atoms with Gasteiger partial charge in [-0.2, -0.15) is 5.10 Å². The van der Waals surface area contributed by atoms with Gasteiger partial charge in [0.25, 0.3) is 0 Å². The molecule has 1 aromatic heterocycles.